The first kappa shape index (κ1) is 20.0. The smallest absolute Gasteiger partial charge is 0.277 e. The molecular weight excluding hydrogens is 420 g/mol. The minimum Gasteiger partial charge on any atom is -0.502 e. The Bertz CT molecular complexity index is 1280. The zero-order chi connectivity index (χ0) is 22.6. The number of carbonyl (C=O) groups excluding carboxylic acids is 1. The normalized spacial score (nSPS) is 19.9. The van der Waals surface area contributed by atoms with Gasteiger partial charge in [-0.25, -0.2) is 4.39 Å². The molecule has 32 heavy (non-hydrogen) atoms. The number of ether oxygens (including phenoxy) is 1. The fraction of sp³-hybridized carbons (Fsp3) is 0.217. The largest absolute Gasteiger partial charge is 0.502 e. The van der Waals surface area contributed by atoms with Gasteiger partial charge in [-0.05, 0) is 17.7 Å². The lowest BCUT2D eigenvalue weighted by molar-refractivity contribution is 0.0571. The molecule has 1 aromatic heterocycles. The SMILES string of the molecule is CN1C(=O)c2c(O)c(=O)ccn2N2C1CCOc1c(ccc(F)c1F)[C@H]2c1ccccc1. The van der Waals surface area contributed by atoms with Crippen molar-refractivity contribution >= 4 is 5.91 Å². The molecule has 5 rings (SSSR count). The molecule has 0 fully saturated rings. The van der Waals surface area contributed by atoms with Crippen LogP contribution < -0.4 is 15.2 Å². The number of halogens is 2. The Morgan fingerprint density at radius 2 is 1.81 bits per heavy atom. The number of carbonyl (C=O) groups is 1. The third kappa shape index (κ3) is 2.84. The summed E-state index contributed by atoms with van der Waals surface area (Å²) in [5, 5.41) is 12.2. The van der Waals surface area contributed by atoms with Crippen LogP contribution in [0.2, 0.25) is 0 Å². The molecular formula is C23H19F2N3O4. The fourth-order valence-corrected chi connectivity index (χ4v) is 4.44. The summed E-state index contributed by atoms with van der Waals surface area (Å²) >= 11 is 0. The van der Waals surface area contributed by atoms with Gasteiger partial charge in [0.2, 0.25) is 11.2 Å². The van der Waals surface area contributed by atoms with E-state index >= 15 is 0 Å². The molecule has 2 aromatic carbocycles. The Kier molecular flexibility index (Phi) is 4.61. The molecule has 0 bridgehead atoms. The molecule has 1 unspecified atom stereocenters. The third-order valence-corrected chi connectivity index (χ3v) is 5.96. The first-order valence-corrected chi connectivity index (χ1v) is 10.1. The van der Waals surface area contributed by atoms with Gasteiger partial charge in [0.15, 0.2) is 23.0 Å². The van der Waals surface area contributed by atoms with E-state index in [1.54, 1.807) is 12.1 Å². The summed E-state index contributed by atoms with van der Waals surface area (Å²) in [6.45, 7) is 0.0230. The highest BCUT2D eigenvalue weighted by Gasteiger charge is 2.43. The van der Waals surface area contributed by atoms with E-state index in [0.717, 1.165) is 17.7 Å². The van der Waals surface area contributed by atoms with Gasteiger partial charge in [0.25, 0.3) is 5.91 Å². The van der Waals surface area contributed by atoms with Crippen LogP contribution in [0.5, 0.6) is 11.5 Å². The predicted molar refractivity (Wildman–Crippen MR) is 111 cm³/mol. The number of fused-ring (bicyclic) bond motifs is 4. The van der Waals surface area contributed by atoms with Crippen molar-refractivity contribution in [3.63, 3.8) is 0 Å². The van der Waals surface area contributed by atoms with E-state index < -0.39 is 40.9 Å². The highest BCUT2D eigenvalue weighted by atomic mass is 19.2. The van der Waals surface area contributed by atoms with Crippen LogP contribution in [-0.4, -0.2) is 40.4 Å². The molecule has 0 aliphatic carbocycles. The summed E-state index contributed by atoms with van der Waals surface area (Å²) < 4.78 is 35.9. The number of amides is 1. The molecule has 2 atom stereocenters. The number of rotatable bonds is 1. The molecule has 3 aromatic rings. The van der Waals surface area contributed by atoms with Crippen molar-refractivity contribution in [1.29, 1.82) is 0 Å². The van der Waals surface area contributed by atoms with Gasteiger partial charge >= 0.3 is 0 Å². The van der Waals surface area contributed by atoms with Gasteiger partial charge in [0.1, 0.15) is 12.2 Å². The summed E-state index contributed by atoms with van der Waals surface area (Å²) in [4.78, 5) is 26.6. The van der Waals surface area contributed by atoms with Crippen molar-refractivity contribution in [2.45, 2.75) is 18.6 Å². The van der Waals surface area contributed by atoms with E-state index in [0.29, 0.717) is 5.56 Å². The van der Waals surface area contributed by atoms with Gasteiger partial charge in [0, 0.05) is 31.3 Å². The lowest BCUT2D eigenvalue weighted by Crippen LogP contribution is -2.62. The molecule has 9 heteroatoms. The Balaban J connectivity index is 1.85. The minimum atomic E-state index is -1.09. The molecule has 7 nitrogen and oxygen atoms in total. The number of aromatic nitrogens is 1. The van der Waals surface area contributed by atoms with Crippen molar-refractivity contribution in [3.8, 4) is 11.5 Å². The van der Waals surface area contributed by atoms with Crippen LogP contribution in [-0.2, 0) is 0 Å². The Hall–Kier alpha value is -3.88. The quantitative estimate of drug-likeness (QED) is 0.631. The van der Waals surface area contributed by atoms with Gasteiger partial charge in [0.05, 0.1) is 6.61 Å². The molecule has 164 valence electrons. The average Bonchev–Trinajstić information content (AvgIpc) is 2.78. The fourth-order valence-electron chi connectivity index (χ4n) is 4.44. The molecule has 1 N–H and O–H groups in total. The maximum atomic E-state index is 14.8. The van der Waals surface area contributed by atoms with E-state index in [1.807, 2.05) is 30.3 Å². The summed E-state index contributed by atoms with van der Waals surface area (Å²) in [6.07, 6.45) is 1.13. The Morgan fingerprint density at radius 1 is 1.06 bits per heavy atom. The molecule has 0 spiro atoms. The van der Waals surface area contributed by atoms with E-state index in [9.17, 15) is 23.5 Å². The number of benzene rings is 2. The van der Waals surface area contributed by atoms with Crippen molar-refractivity contribution in [1.82, 2.24) is 9.58 Å². The number of aromatic hydroxyl groups is 1. The standard InChI is InChI=1S/C23H19F2N3O4/c1-26-17-10-12-32-22-14(7-8-15(24)18(22)25)19(13-5-3-2-4-6-13)28(17)27-11-9-16(29)21(30)20(27)23(26)31/h2-9,11,17,19,30H,10,12H2,1H3/t17?,19-/m1/s1. The first-order chi connectivity index (χ1) is 15.4. The average molecular weight is 439 g/mol. The van der Waals surface area contributed by atoms with Crippen LogP contribution in [0.15, 0.2) is 59.5 Å². The maximum absolute atomic E-state index is 14.8. The van der Waals surface area contributed by atoms with E-state index in [1.165, 1.54) is 21.8 Å². The van der Waals surface area contributed by atoms with Crippen molar-refractivity contribution in [3.05, 3.63) is 93.4 Å². The third-order valence-electron chi connectivity index (χ3n) is 5.96. The van der Waals surface area contributed by atoms with Gasteiger partial charge in [-0.15, -0.1) is 0 Å². The predicted octanol–water partition coefficient (Wildman–Crippen LogP) is 2.75. The van der Waals surface area contributed by atoms with Crippen LogP contribution in [0.25, 0.3) is 0 Å². The molecule has 0 radical (unpaired) electrons. The summed E-state index contributed by atoms with van der Waals surface area (Å²) in [7, 11) is 1.57. The van der Waals surface area contributed by atoms with Crippen LogP contribution in [0.1, 0.15) is 34.1 Å². The second-order valence-electron chi connectivity index (χ2n) is 7.73. The highest BCUT2D eigenvalue weighted by molar-refractivity contribution is 5.96. The lowest BCUT2D eigenvalue weighted by Gasteiger charge is -2.49. The lowest BCUT2D eigenvalue weighted by atomic mass is 9.94. The van der Waals surface area contributed by atoms with E-state index in [-0.39, 0.29) is 24.5 Å². The van der Waals surface area contributed by atoms with Gasteiger partial charge in [-0.1, -0.05) is 30.3 Å². The van der Waals surface area contributed by atoms with E-state index in [4.69, 9.17) is 4.74 Å². The number of hydrogen-bond acceptors (Lipinski definition) is 5. The van der Waals surface area contributed by atoms with Crippen LogP contribution >= 0.6 is 0 Å². The topological polar surface area (TPSA) is 75.0 Å². The van der Waals surface area contributed by atoms with E-state index in [2.05, 4.69) is 0 Å². The van der Waals surface area contributed by atoms with Crippen molar-refractivity contribution in [2.24, 2.45) is 0 Å². The van der Waals surface area contributed by atoms with Crippen LogP contribution in [0, 0.1) is 11.6 Å². The number of nitrogens with zero attached hydrogens (tertiary/aromatic N) is 3. The summed E-state index contributed by atoms with van der Waals surface area (Å²) in [5.41, 5.74) is 0.202. The second-order valence-corrected chi connectivity index (χ2v) is 7.73. The van der Waals surface area contributed by atoms with Gasteiger partial charge < -0.3 is 14.7 Å². The Morgan fingerprint density at radius 3 is 2.56 bits per heavy atom. The summed E-state index contributed by atoms with van der Waals surface area (Å²) in [5.74, 6) is -3.52. The highest BCUT2D eigenvalue weighted by Crippen LogP contribution is 2.41. The van der Waals surface area contributed by atoms with Crippen molar-refractivity contribution < 1.29 is 23.4 Å². The van der Waals surface area contributed by atoms with Gasteiger partial charge in [-0.3, -0.25) is 19.3 Å². The first-order valence-electron chi connectivity index (χ1n) is 10.1. The van der Waals surface area contributed by atoms with Gasteiger partial charge in [-0.2, -0.15) is 4.39 Å². The molecule has 0 saturated heterocycles. The molecule has 3 heterocycles. The van der Waals surface area contributed by atoms with Crippen LogP contribution in [0.3, 0.4) is 0 Å². The molecule has 2 aliphatic heterocycles. The zero-order valence-corrected chi connectivity index (χ0v) is 17.0. The molecule has 0 saturated carbocycles. The molecule has 2 aliphatic rings. The number of hydrogen-bond donors (Lipinski definition) is 1. The minimum absolute atomic E-state index is 0.0230. The monoisotopic (exact) mass is 439 g/mol. The maximum Gasteiger partial charge on any atom is 0.277 e. The Labute approximate surface area is 181 Å². The zero-order valence-electron chi connectivity index (χ0n) is 17.0. The second kappa shape index (κ2) is 7.37. The van der Waals surface area contributed by atoms with Crippen LogP contribution in [0.4, 0.5) is 8.78 Å². The number of pyridine rings is 1. The summed E-state index contributed by atoms with van der Waals surface area (Å²) in [6, 6.07) is 12.0. The van der Waals surface area contributed by atoms with Crippen molar-refractivity contribution in [2.75, 3.05) is 18.7 Å². The molecule has 1 amide bonds.